The number of rotatable bonds is 4. The Morgan fingerprint density at radius 1 is 1.15 bits per heavy atom. The number of amidine groups is 1. The molecule has 0 amide bonds. The Labute approximate surface area is 162 Å². The van der Waals surface area contributed by atoms with E-state index in [1.54, 1.807) is 42.1 Å². The fourth-order valence-corrected chi connectivity index (χ4v) is 5.47. The number of aliphatic imine (C=N–C) groups is 1. The molecule has 27 heavy (non-hydrogen) atoms. The lowest BCUT2D eigenvalue weighted by atomic mass is 10.1. The number of sulfonamides is 1. The van der Waals surface area contributed by atoms with Gasteiger partial charge in [0.05, 0.1) is 23.7 Å². The highest BCUT2D eigenvalue weighted by Crippen LogP contribution is 2.35. The highest BCUT2D eigenvalue weighted by atomic mass is 32.2. The van der Waals surface area contributed by atoms with Gasteiger partial charge in [0.2, 0.25) is 0 Å². The molecule has 0 unspecified atom stereocenters. The van der Waals surface area contributed by atoms with Crippen molar-refractivity contribution in [1.29, 1.82) is 0 Å². The Morgan fingerprint density at radius 2 is 2.00 bits per heavy atom. The first kappa shape index (κ1) is 16.7. The quantitative estimate of drug-likeness (QED) is 0.855. The molecule has 2 aromatic rings. The maximum atomic E-state index is 12.7. The number of benzene rings is 2. The summed E-state index contributed by atoms with van der Waals surface area (Å²) in [5, 5.41) is 3.12. The topological polar surface area (TPSA) is 71.0 Å². The largest absolute Gasteiger partial charge is 0.493 e. The van der Waals surface area contributed by atoms with Crippen LogP contribution in [0.1, 0.15) is 11.1 Å². The van der Waals surface area contributed by atoms with Crippen LogP contribution in [-0.2, 0) is 16.4 Å². The van der Waals surface area contributed by atoms with Crippen LogP contribution in [0.3, 0.4) is 0 Å². The van der Waals surface area contributed by atoms with Crippen molar-refractivity contribution in [2.75, 3.05) is 24.4 Å². The van der Waals surface area contributed by atoms with Crippen LogP contribution in [0.2, 0.25) is 0 Å². The summed E-state index contributed by atoms with van der Waals surface area (Å²) in [5.41, 5.74) is 3.63. The lowest BCUT2D eigenvalue weighted by Crippen LogP contribution is -2.19. The smallest absolute Gasteiger partial charge is 0.261 e. The number of hydrogen-bond donors (Lipinski definition) is 1. The second-order valence-corrected chi connectivity index (χ2v) is 9.01. The molecule has 0 fully saturated rings. The zero-order valence-corrected chi connectivity index (χ0v) is 16.0. The number of nitrogens with zero attached hydrogens (tertiary/aromatic N) is 2. The van der Waals surface area contributed by atoms with Gasteiger partial charge in [-0.3, -0.25) is 9.71 Å². The summed E-state index contributed by atoms with van der Waals surface area (Å²) in [6, 6.07) is 12.4. The fraction of sp³-hybridized carbons (Fsp3) is 0.211. The average molecular weight is 399 g/mol. The van der Waals surface area contributed by atoms with Gasteiger partial charge >= 0.3 is 0 Å². The zero-order valence-electron chi connectivity index (χ0n) is 14.4. The molecular formula is C19H17N3O3S2. The predicted molar refractivity (Wildman–Crippen MR) is 107 cm³/mol. The Morgan fingerprint density at radius 3 is 2.85 bits per heavy atom. The van der Waals surface area contributed by atoms with Crippen LogP contribution in [0.4, 0.5) is 5.69 Å². The predicted octanol–water partition coefficient (Wildman–Crippen LogP) is 3.14. The maximum Gasteiger partial charge on any atom is 0.261 e. The molecule has 8 heteroatoms. The van der Waals surface area contributed by atoms with Gasteiger partial charge in [-0.2, -0.15) is 0 Å². The first-order valence-corrected chi connectivity index (χ1v) is 11.0. The van der Waals surface area contributed by atoms with Gasteiger partial charge in [-0.1, -0.05) is 23.9 Å². The third-order valence-electron chi connectivity index (χ3n) is 4.77. The molecule has 0 radical (unpaired) electrons. The Kier molecular flexibility index (Phi) is 3.91. The molecule has 2 aromatic carbocycles. The standard InChI is InChI=1S/C19H17N3O3S2/c23-27(24,16-5-6-18-14(11-16)7-10-25-18)21-15-3-1-13(2-4-15)17-12-26-19-20-8-9-22(17)19/h1-6,11-12,21H,7-10H2. The first-order chi connectivity index (χ1) is 13.1. The van der Waals surface area contributed by atoms with Gasteiger partial charge in [0, 0.05) is 24.1 Å². The van der Waals surface area contributed by atoms with Gasteiger partial charge in [0.1, 0.15) is 5.75 Å². The minimum Gasteiger partial charge on any atom is -0.493 e. The number of nitrogens with one attached hydrogen (secondary N) is 1. The van der Waals surface area contributed by atoms with Crippen LogP contribution >= 0.6 is 11.8 Å². The molecule has 0 bridgehead atoms. The molecular weight excluding hydrogens is 382 g/mol. The molecule has 0 aromatic heterocycles. The molecule has 3 aliphatic heterocycles. The highest BCUT2D eigenvalue weighted by Gasteiger charge is 2.27. The van der Waals surface area contributed by atoms with E-state index in [9.17, 15) is 8.42 Å². The maximum absolute atomic E-state index is 12.7. The normalized spacial score (nSPS) is 17.9. The van der Waals surface area contributed by atoms with E-state index < -0.39 is 10.0 Å². The minimum atomic E-state index is -3.63. The summed E-state index contributed by atoms with van der Waals surface area (Å²) in [5.74, 6) is 0.769. The summed E-state index contributed by atoms with van der Waals surface area (Å²) in [7, 11) is -3.63. The Hall–Kier alpha value is -2.45. The van der Waals surface area contributed by atoms with Crippen molar-refractivity contribution >= 4 is 38.3 Å². The molecule has 3 heterocycles. The van der Waals surface area contributed by atoms with Crippen molar-refractivity contribution in [3.05, 3.63) is 59.0 Å². The zero-order chi connectivity index (χ0) is 18.4. The fourth-order valence-electron chi connectivity index (χ4n) is 3.40. The molecule has 0 spiro atoms. The number of ether oxygens (including phenoxy) is 1. The summed E-state index contributed by atoms with van der Waals surface area (Å²) >= 11 is 1.63. The van der Waals surface area contributed by atoms with E-state index in [-0.39, 0.29) is 4.90 Å². The van der Waals surface area contributed by atoms with Crippen LogP contribution in [0, 0.1) is 0 Å². The SMILES string of the molecule is O=S(=O)(Nc1ccc(C2=CSC3=NCCN23)cc1)c1ccc2c(c1)CCO2. The van der Waals surface area contributed by atoms with E-state index in [4.69, 9.17) is 4.74 Å². The summed E-state index contributed by atoms with van der Waals surface area (Å²) in [6.07, 6.45) is 0.738. The van der Waals surface area contributed by atoms with Crippen LogP contribution < -0.4 is 9.46 Å². The monoisotopic (exact) mass is 399 g/mol. The van der Waals surface area contributed by atoms with Crippen molar-refractivity contribution in [3.63, 3.8) is 0 Å². The number of fused-ring (bicyclic) bond motifs is 2. The van der Waals surface area contributed by atoms with Crippen molar-refractivity contribution in [2.45, 2.75) is 11.3 Å². The van der Waals surface area contributed by atoms with Crippen LogP contribution in [0.15, 0.2) is 57.8 Å². The van der Waals surface area contributed by atoms with E-state index in [1.165, 1.54) is 0 Å². The summed E-state index contributed by atoms with van der Waals surface area (Å²) < 4.78 is 33.5. The van der Waals surface area contributed by atoms with Gasteiger partial charge in [-0.25, -0.2) is 8.42 Å². The number of hydrogen-bond acceptors (Lipinski definition) is 6. The van der Waals surface area contributed by atoms with Crippen molar-refractivity contribution in [3.8, 4) is 5.75 Å². The second kappa shape index (κ2) is 6.31. The Bertz CT molecular complexity index is 1080. The second-order valence-electron chi connectivity index (χ2n) is 6.49. The van der Waals surface area contributed by atoms with E-state index in [1.807, 2.05) is 12.1 Å². The highest BCUT2D eigenvalue weighted by molar-refractivity contribution is 8.16. The molecule has 3 aliphatic rings. The van der Waals surface area contributed by atoms with E-state index in [2.05, 4.69) is 20.0 Å². The van der Waals surface area contributed by atoms with Gasteiger partial charge in [0.25, 0.3) is 10.0 Å². The van der Waals surface area contributed by atoms with E-state index in [0.717, 1.165) is 47.3 Å². The lowest BCUT2D eigenvalue weighted by Gasteiger charge is -2.17. The van der Waals surface area contributed by atoms with Crippen LogP contribution in [-0.4, -0.2) is 38.2 Å². The third-order valence-corrected chi connectivity index (χ3v) is 7.05. The van der Waals surface area contributed by atoms with Crippen molar-refractivity contribution in [2.24, 2.45) is 4.99 Å². The molecule has 1 N–H and O–H groups in total. The number of anilines is 1. The van der Waals surface area contributed by atoms with Gasteiger partial charge in [0.15, 0.2) is 5.17 Å². The molecule has 0 aliphatic carbocycles. The Balaban J connectivity index is 1.36. The average Bonchev–Trinajstić information content (AvgIpc) is 3.38. The minimum absolute atomic E-state index is 0.253. The van der Waals surface area contributed by atoms with Crippen LogP contribution in [0.25, 0.3) is 5.70 Å². The van der Waals surface area contributed by atoms with E-state index >= 15 is 0 Å². The molecule has 6 nitrogen and oxygen atoms in total. The summed E-state index contributed by atoms with van der Waals surface area (Å²) in [4.78, 5) is 6.89. The lowest BCUT2D eigenvalue weighted by molar-refractivity contribution is 0.356. The molecule has 0 saturated carbocycles. The van der Waals surface area contributed by atoms with Gasteiger partial charge < -0.3 is 9.64 Å². The summed E-state index contributed by atoms with van der Waals surface area (Å²) in [6.45, 7) is 2.32. The third kappa shape index (κ3) is 2.98. The van der Waals surface area contributed by atoms with E-state index in [0.29, 0.717) is 12.3 Å². The molecule has 0 saturated heterocycles. The molecule has 138 valence electrons. The van der Waals surface area contributed by atoms with Crippen LogP contribution in [0.5, 0.6) is 5.75 Å². The van der Waals surface area contributed by atoms with Gasteiger partial charge in [-0.05, 0) is 41.5 Å². The van der Waals surface area contributed by atoms with Gasteiger partial charge in [-0.15, -0.1) is 0 Å². The van der Waals surface area contributed by atoms with Crippen molar-refractivity contribution < 1.29 is 13.2 Å². The number of thioether (sulfide) groups is 1. The molecule has 5 rings (SSSR count). The molecule has 0 atom stereocenters. The first-order valence-electron chi connectivity index (χ1n) is 8.68. The van der Waals surface area contributed by atoms with Crippen molar-refractivity contribution in [1.82, 2.24) is 4.90 Å².